The molecule has 6 aromatic rings. The van der Waals surface area contributed by atoms with Crippen molar-refractivity contribution in [2.75, 3.05) is 0 Å². The zero-order valence-electron chi connectivity index (χ0n) is 23.1. The lowest BCUT2D eigenvalue weighted by atomic mass is 9.68. The molecule has 0 radical (unpaired) electrons. The van der Waals surface area contributed by atoms with Crippen LogP contribution in [-0.2, 0) is 5.41 Å². The number of carbonyl (C=O) groups excluding carboxylic acids is 1. The topological polar surface area (TPSA) is 30.0 Å². The second-order valence-corrected chi connectivity index (χ2v) is 11.2. The largest absolute Gasteiger partial charge is 0.289 e. The molecule has 2 heteroatoms. The van der Waals surface area contributed by atoms with E-state index in [0.717, 1.165) is 67.0 Å². The number of benzene rings is 5. The second kappa shape index (κ2) is 9.83. The van der Waals surface area contributed by atoms with Crippen molar-refractivity contribution >= 4 is 5.78 Å². The number of pyridine rings is 1. The van der Waals surface area contributed by atoms with Gasteiger partial charge in [0.15, 0.2) is 5.78 Å². The van der Waals surface area contributed by atoms with E-state index in [1.54, 1.807) is 0 Å². The van der Waals surface area contributed by atoms with Crippen LogP contribution in [0.5, 0.6) is 0 Å². The summed E-state index contributed by atoms with van der Waals surface area (Å²) in [6.07, 6.45) is 0. The highest BCUT2D eigenvalue weighted by Gasteiger charge is 2.36. The predicted octanol–water partition coefficient (Wildman–Crippen LogP) is 9.62. The normalized spacial score (nSPS) is 13.4. The summed E-state index contributed by atoms with van der Waals surface area (Å²) in [5.41, 5.74) is 12.1. The molecule has 1 aliphatic rings. The first-order chi connectivity index (χ1) is 20.0. The van der Waals surface area contributed by atoms with Crippen LogP contribution in [0.3, 0.4) is 0 Å². The highest BCUT2D eigenvalue weighted by molar-refractivity contribution is 6.13. The van der Waals surface area contributed by atoms with E-state index in [1.807, 2.05) is 48.5 Å². The summed E-state index contributed by atoms with van der Waals surface area (Å²) in [6, 6.07) is 48.0. The molecule has 0 atom stereocenters. The van der Waals surface area contributed by atoms with Crippen LogP contribution in [0.15, 0.2) is 140 Å². The van der Waals surface area contributed by atoms with Gasteiger partial charge in [0.25, 0.3) is 0 Å². The molecule has 1 aliphatic carbocycles. The van der Waals surface area contributed by atoms with Gasteiger partial charge in [0.1, 0.15) is 0 Å². The van der Waals surface area contributed by atoms with Crippen LogP contribution in [0, 0.1) is 0 Å². The van der Waals surface area contributed by atoms with Gasteiger partial charge >= 0.3 is 0 Å². The molecular weight excluding hydrogens is 498 g/mol. The Morgan fingerprint density at radius 3 is 1.61 bits per heavy atom. The Hall–Kier alpha value is -5.08. The zero-order valence-corrected chi connectivity index (χ0v) is 23.1. The van der Waals surface area contributed by atoms with Crippen LogP contribution in [-0.4, -0.2) is 10.8 Å². The smallest absolute Gasteiger partial charge is 0.193 e. The van der Waals surface area contributed by atoms with Gasteiger partial charge < -0.3 is 0 Å². The van der Waals surface area contributed by atoms with Crippen molar-refractivity contribution in [2.45, 2.75) is 19.3 Å². The van der Waals surface area contributed by atoms with Crippen molar-refractivity contribution < 1.29 is 4.79 Å². The van der Waals surface area contributed by atoms with E-state index in [2.05, 4.69) is 105 Å². The van der Waals surface area contributed by atoms with Crippen molar-refractivity contribution in [3.05, 3.63) is 162 Å². The van der Waals surface area contributed by atoms with Gasteiger partial charge in [0.05, 0.1) is 11.4 Å². The van der Waals surface area contributed by atoms with Gasteiger partial charge in [0.2, 0.25) is 0 Å². The predicted molar refractivity (Wildman–Crippen MR) is 168 cm³/mol. The minimum absolute atomic E-state index is 0.107. The molecule has 1 aromatic heterocycles. The Labute approximate surface area is 241 Å². The van der Waals surface area contributed by atoms with Crippen LogP contribution in [0.1, 0.15) is 40.9 Å². The second-order valence-electron chi connectivity index (χ2n) is 11.2. The molecule has 0 fully saturated rings. The molecule has 7 rings (SSSR count). The molecule has 0 spiro atoms. The Balaban J connectivity index is 1.28. The van der Waals surface area contributed by atoms with Crippen LogP contribution in [0.4, 0.5) is 0 Å². The summed E-state index contributed by atoms with van der Waals surface area (Å²) in [6.45, 7) is 4.42. The highest BCUT2D eigenvalue weighted by Crippen LogP contribution is 2.42. The number of hydrogen-bond acceptors (Lipinski definition) is 2. The SMILES string of the molecule is CC1(C)c2ccccc2C(=O)c2ccc(-c3ccc(-c4cc(-c5ccccc5)cc(-c5ccccc5)n4)cc3)cc21. The van der Waals surface area contributed by atoms with Crippen molar-refractivity contribution in [3.8, 4) is 44.8 Å². The lowest BCUT2D eigenvalue weighted by Gasteiger charge is -2.34. The number of aromatic nitrogens is 1. The van der Waals surface area contributed by atoms with E-state index in [1.165, 1.54) is 0 Å². The maximum absolute atomic E-state index is 13.3. The summed E-state index contributed by atoms with van der Waals surface area (Å²) >= 11 is 0. The average Bonchev–Trinajstić information content (AvgIpc) is 3.04. The number of carbonyl (C=O) groups is 1. The van der Waals surface area contributed by atoms with Crippen LogP contribution < -0.4 is 0 Å². The van der Waals surface area contributed by atoms with Crippen molar-refractivity contribution in [2.24, 2.45) is 0 Å². The van der Waals surface area contributed by atoms with Gasteiger partial charge in [-0.1, -0.05) is 135 Å². The lowest BCUT2D eigenvalue weighted by molar-refractivity contribution is 0.103. The third kappa shape index (κ3) is 4.38. The van der Waals surface area contributed by atoms with Gasteiger partial charge in [-0.25, -0.2) is 4.98 Å². The van der Waals surface area contributed by atoms with Crippen LogP contribution in [0.2, 0.25) is 0 Å². The fraction of sp³-hybridized carbons (Fsp3) is 0.0769. The fourth-order valence-electron chi connectivity index (χ4n) is 6.02. The molecule has 2 nitrogen and oxygen atoms in total. The minimum atomic E-state index is -0.259. The molecule has 1 heterocycles. The first-order valence-corrected chi connectivity index (χ1v) is 14.0. The molecule has 5 aromatic carbocycles. The number of ketones is 1. The fourth-order valence-corrected chi connectivity index (χ4v) is 6.02. The molecule has 41 heavy (non-hydrogen) atoms. The van der Waals surface area contributed by atoms with E-state index < -0.39 is 0 Å². The summed E-state index contributed by atoms with van der Waals surface area (Å²) in [5, 5.41) is 0. The van der Waals surface area contributed by atoms with E-state index >= 15 is 0 Å². The molecule has 0 aliphatic heterocycles. The molecular formula is C39H29NO. The maximum atomic E-state index is 13.3. The van der Waals surface area contributed by atoms with E-state index in [-0.39, 0.29) is 11.2 Å². The molecule has 0 N–H and O–H groups in total. The van der Waals surface area contributed by atoms with Crippen LogP contribution in [0.25, 0.3) is 44.8 Å². The van der Waals surface area contributed by atoms with Gasteiger partial charge in [-0.3, -0.25) is 4.79 Å². The lowest BCUT2D eigenvalue weighted by Crippen LogP contribution is -2.30. The summed E-state index contributed by atoms with van der Waals surface area (Å²) in [5.74, 6) is 0.107. The molecule has 0 unspecified atom stereocenters. The summed E-state index contributed by atoms with van der Waals surface area (Å²) in [4.78, 5) is 18.4. The molecule has 0 saturated carbocycles. The summed E-state index contributed by atoms with van der Waals surface area (Å²) in [7, 11) is 0. The zero-order chi connectivity index (χ0) is 28.0. The third-order valence-corrected chi connectivity index (χ3v) is 8.30. The monoisotopic (exact) mass is 527 g/mol. The Kier molecular flexibility index (Phi) is 5.98. The average molecular weight is 528 g/mol. The van der Waals surface area contributed by atoms with E-state index in [4.69, 9.17) is 4.98 Å². The molecule has 196 valence electrons. The van der Waals surface area contributed by atoms with Gasteiger partial charge in [-0.2, -0.15) is 0 Å². The number of nitrogens with zero attached hydrogens (tertiary/aromatic N) is 1. The van der Waals surface area contributed by atoms with Crippen molar-refractivity contribution in [1.29, 1.82) is 0 Å². The van der Waals surface area contributed by atoms with Gasteiger partial charge in [-0.15, -0.1) is 0 Å². The number of hydrogen-bond donors (Lipinski definition) is 0. The van der Waals surface area contributed by atoms with Gasteiger partial charge in [-0.05, 0) is 51.6 Å². The minimum Gasteiger partial charge on any atom is -0.289 e. The molecule has 0 amide bonds. The first-order valence-electron chi connectivity index (χ1n) is 14.0. The molecule has 0 saturated heterocycles. The number of fused-ring (bicyclic) bond motifs is 2. The van der Waals surface area contributed by atoms with Crippen molar-refractivity contribution in [3.63, 3.8) is 0 Å². The Bertz CT molecular complexity index is 1840. The quantitative estimate of drug-likeness (QED) is 0.228. The van der Waals surface area contributed by atoms with Crippen LogP contribution >= 0.6 is 0 Å². The number of rotatable bonds is 4. The van der Waals surface area contributed by atoms with Gasteiger partial charge in [0, 0.05) is 27.7 Å². The third-order valence-electron chi connectivity index (χ3n) is 8.30. The maximum Gasteiger partial charge on any atom is 0.193 e. The first kappa shape index (κ1) is 24.9. The Morgan fingerprint density at radius 1 is 0.439 bits per heavy atom. The highest BCUT2D eigenvalue weighted by atomic mass is 16.1. The summed E-state index contributed by atoms with van der Waals surface area (Å²) < 4.78 is 0. The van der Waals surface area contributed by atoms with E-state index in [9.17, 15) is 4.79 Å². The van der Waals surface area contributed by atoms with E-state index in [0.29, 0.717) is 0 Å². The van der Waals surface area contributed by atoms with Crippen molar-refractivity contribution in [1.82, 2.24) is 4.98 Å². The standard InChI is InChI=1S/C39H29NO/c1-39(2)34-16-10-9-15-32(34)38(41)33-22-21-30(23-35(33)39)27-17-19-29(20-18-27)37-25-31(26-11-5-3-6-12-26)24-36(40-37)28-13-7-4-8-14-28/h3-25H,1-2H3. The molecule has 0 bridgehead atoms. The Morgan fingerprint density at radius 2 is 0.927 bits per heavy atom.